The SMILES string of the molecule is C=C1C(=O)N(CC[P+]2(F)CC2)CCN1Cc1ccc(-n2cccn2)cn1. The van der Waals surface area contributed by atoms with Gasteiger partial charge in [-0.2, -0.15) is 5.10 Å². The Bertz CT molecular complexity index is 803. The molecule has 26 heavy (non-hydrogen) atoms. The topological polar surface area (TPSA) is 54.3 Å². The first-order chi connectivity index (χ1) is 12.5. The second-order valence-corrected chi connectivity index (χ2v) is 10.2. The van der Waals surface area contributed by atoms with E-state index in [2.05, 4.69) is 16.7 Å². The van der Waals surface area contributed by atoms with Crippen LogP contribution in [0.15, 0.2) is 49.1 Å². The van der Waals surface area contributed by atoms with Gasteiger partial charge >= 0.3 is 0 Å². The highest BCUT2D eigenvalue weighted by Crippen LogP contribution is 2.73. The van der Waals surface area contributed by atoms with E-state index in [-0.39, 0.29) is 5.91 Å². The number of pyridine rings is 1. The average molecular weight is 374 g/mol. The zero-order chi connectivity index (χ0) is 18.1. The Kier molecular flexibility index (Phi) is 4.49. The molecule has 0 aliphatic carbocycles. The first-order valence-corrected chi connectivity index (χ1v) is 11.0. The zero-order valence-corrected chi connectivity index (χ0v) is 15.5. The molecule has 8 heteroatoms. The predicted molar refractivity (Wildman–Crippen MR) is 100 cm³/mol. The summed E-state index contributed by atoms with van der Waals surface area (Å²) in [4.78, 5) is 20.7. The van der Waals surface area contributed by atoms with Gasteiger partial charge < -0.3 is 9.80 Å². The fourth-order valence-electron chi connectivity index (χ4n) is 3.08. The second-order valence-electron chi connectivity index (χ2n) is 6.82. The van der Waals surface area contributed by atoms with Crippen LogP contribution in [-0.4, -0.2) is 68.6 Å². The van der Waals surface area contributed by atoms with Gasteiger partial charge in [0, 0.05) is 25.5 Å². The number of hydrogen-bond acceptors (Lipinski definition) is 4. The Labute approximate surface area is 152 Å². The molecule has 0 radical (unpaired) electrons. The van der Waals surface area contributed by atoms with Gasteiger partial charge in [-0.1, -0.05) is 10.8 Å². The van der Waals surface area contributed by atoms with Crippen LogP contribution in [0.2, 0.25) is 0 Å². The zero-order valence-electron chi connectivity index (χ0n) is 14.6. The summed E-state index contributed by atoms with van der Waals surface area (Å²) in [7, 11) is -2.13. The molecular formula is C18H22FN5OP+. The standard InChI is InChI=1S/C18H22FN5OP/c1-15-18(25)22(9-10-26(19)11-12-26)7-8-23(15)14-16-3-4-17(13-20-16)24-6-2-5-21-24/h2-6,13H,1,7-12,14H2/q+1. The minimum atomic E-state index is -2.13. The molecular weight excluding hydrogens is 352 g/mol. The molecule has 136 valence electrons. The third-order valence-electron chi connectivity index (χ3n) is 4.97. The highest BCUT2D eigenvalue weighted by molar-refractivity contribution is 7.78. The summed E-state index contributed by atoms with van der Waals surface area (Å²) < 4.78 is 15.7. The lowest BCUT2D eigenvalue weighted by Crippen LogP contribution is -2.48. The molecule has 0 N–H and O–H groups in total. The maximum absolute atomic E-state index is 13.9. The molecule has 4 heterocycles. The van der Waals surface area contributed by atoms with Crippen LogP contribution in [0.5, 0.6) is 0 Å². The molecule has 6 nitrogen and oxygen atoms in total. The van der Waals surface area contributed by atoms with Crippen molar-refractivity contribution in [1.29, 1.82) is 0 Å². The number of amides is 1. The lowest BCUT2D eigenvalue weighted by molar-refractivity contribution is -0.131. The normalized spacial score (nSPS) is 19.1. The van der Waals surface area contributed by atoms with Gasteiger partial charge in [-0.25, -0.2) is 4.68 Å². The van der Waals surface area contributed by atoms with Crippen molar-refractivity contribution < 1.29 is 8.99 Å². The van der Waals surface area contributed by atoms with Crippen molar-refractivity contribution in [3.63, 3.8) is 0 Å². The molecule has 2 saturated heterocycles. The fraction of sp³-hybridized carbons (Fsp3) is 0.389. The smallest absolute Gasteiger partial charge is 0.269 e. The van der Waals surface area contributed by atoms with Crippen molar-refractivity contribution in [2.24, 2.45) is 0 Å². The number of carbonyl (C=O) groups is 1. The first kappa shape index (κ1) is 17.2. The number of rotatable bonds is 6. The number of nitrogens with zero attached hydrogens (tertiary/aromatic N) is 5. The molecule has 4 rings (SSSR count). The summed E-state index contributed by atoms with van der Waals surface area (Å²) in [5, 5.41) is 4.18. The van der Waals surface area contributed by atoms with Crippen molar-refractivity contribution in [1.82, 2.24) is 24.6 Å². The monoisotopic (exact) mass is 374 g/mol. The van der Waals surface area contributed by atoms with E-state index in [4.69, 9.17) is 0 Å². The van der Waals surface area contributed by atoms with Crippen molar-refractivity contribution in [2.45, 2.75) is 6.54 Å². The molecule has 0 bridgehead atoms. The fourth-order valence-corrected chi connectivity index (χ4v) is 4.99. The van der Waals surface area contributed by atoms with E-state index in [1.165, 1.54) is 0 Å². The predicted octanol–water partition coefficient (Wildman–Crippen LogP) is 2.34. The average Bonchev–Trinajstić information content (AvgIpc) is 3.15. The van der Waals surface area contributed by atoms with Crippen molar-refractivity contribution >= 4 is 13.5 Å². The lowest BCUT2D eigenvalue weighted by atomic mass is 10.2. The van der Waals surface area contributed by atoms with E-state index in [0.717, 1.165) is 23.7 Å². The maximum Gasteiger partial charge on any atom is 0.269 e. The second kappa shape index (κ2) is 6.80. The molecule has 2 aromatic heterocycles. The highest BCUT2D eigenvalue weighted by Gasteiger charge is 2.54. The minimum Gasteiger partial charge on any atom is -0.360 e. The summed E-state index contributed by atoms with van der Waals surface area (Å²) >= 11 is 0. The maximum atomic E-state index is 13.9. The van der Waals surface area contributed by atoms with Gasteiger partial charge in [-0.05, 0) is 18.2 Å². The summed E-state index contributed by atoms with van der Waals surface area (Å²) in [6.07, 6.45) is 7.37. The van der Waals surface area contributed by atoms with Crippen LogP contribution in [0.1, 0.15) is 5.69 Å². The number of halogens is 1. The van der Waals surface area contributed by atoms with E-state index in [1.54, 1.807) is 22.0 Å². The van der Waals surface area contributed by atoms with Crippen LogP contribution in [0.4, 0.5) is 4.20 Å². The van der Waals surface area contributed by atoms with E-state index in [9.17, 15) is 8.99 Å². The van der Waals surface area contributed by atoms with Crippen molar-refractivity contribution in [3.05, 3.63) is 54.8 Å². The third kappa shape index (κ3) is 3.63. The molecule has 2 aromatic rings. The van der Waals surface area contributed by atoms with Crippen LogP contribution < -0.4 is 0 Å². The van der Waals surface area contributed by atoms with Crippen LogP contribution in [0, 0.1) is 0 Å². The Balaban J connectivity index is 1.35. The Hall–Kier alpha value is -2.27. The first-order valence-electron chi connectivity index (χ1n) is 8.78. The van der Waals surface area contributed by atoms with E-state index in [0.29, 0.717) is 38.0 Å². The summed E-state index contributed by atoms with van der Waals surface area (Å²) in [6.45, 7) is 6.32. The molecule has 2 aliphatic rings. The molecule has 0 spiro atoms. The molecule has 0 atom stereocenters. The van der Waals surface area contributed by atoms with Gasteiger partial charge in [0.2, 0.25) is 7.57 Å². The Morgan fingerprint density at radius 1 is 1.23 bits per heavy atom. The molecule has 0 saturated carbocycles. The van der Waals surface area contributed by atoms with E-state index < -0.39 is 7.57 Å². The Morgan fingerprint density at radius 3 is 2.69 bits per heavy atom. The molecule has 0 aromatic carbocycles. The van der Waals surface area contributed by atoms with Gasteiger partial charge in [0.25, 0.3) is 5.91 Å². The Morgan fingerprint density at radius 2 is 2.04 bits per heavy atom. The van der Waals surface area contributed by atoms with Gasteiger partial charge in [-0.3, -0.25) is 9.78 Å². The molecule has 1 amide bonds. The van der Waals surface area contributed by atoms with Crippen LogP contribution in [-0.2, 0) is 11.3 Å². The number of piperazine rings is 1. The van der Waals surface area contributed by atoms with E-state index in [1.807, 2.05) is 29.3 Å². The van der Waals surface area contributed by atoms with Crippen LogP contribution >= 0.6 is 7.57 Å². The van der Waals surface area contributed by atoms with Gasteiger partial charge in [0.15, 0.2) is 0 Å². The van der Waals surface area contributed by atoms with Crippen LogP contribution in [0.3, 0.4) is 0 Å². The summed E-state index contributed by atoms with van der Waals surface area (Å²) in [5.41, 5.74) is 2.23. The summed E-state index contributed by atoms with van der Waals surface area (Å²) in [5.74, 6) is -0.0853. The quantitative estimate of drug-likeness (QED) is 0.575. The van der Waals surface area contributed by atoms with Gasteiger partial charge in [-0.15, -0.1) is 0 Å². The largest absolute Gasteiger partial charge is 0.360 e. The van der Waals surface area contributed by atoms with Gasteiger partial charge in [0.1, 0.15) is 18.5 Å². The van der Waals surface area contributed by atoms with Gasteiger partial charge in [0.05, 0.1) is 36.4 Å². The van der Waals surface area contributed by atoms with Crippen molar-refractivity contribution in [3.8, 4) is 5.69 Å². The highest BCUT2D eigenvalue weighted by atomic mass is 31.2. The molecule has 2 fully saturated rings. The van der Waals surface area contributed by atoms with Crippen molar-refractivity contribution in [2.75, 3.05) is 38.1 Å². The number of aromatic nitrogens is 3. The summed E-state index contributed by atoms with van der Waals surface area (Å²) in [6, 6.07) is 5.75. The van der Waals surface area contributed by atoms with Crippen LogP contribution in [0.25, 0.3) is 5.69 Å². The molecule has 0 unspecified atom stereocenters. The molecule has 2 aliphatic heterocycles. The lowest BCUT2D eigenvalue weighted by Gasteiger charge is -2.36. The van der Waals surface area contributed by atoms with E-state index >= 15 is 0 Å². The number of hydrogen-bond donors (Lipinski definition) is 0. The number of carbonyl (C=O) groups excluding carboxylic acids is 1. The minimum absolute atomic E-state index is 0.0853. The third-order valence-corrected chi connectivity index (χ3v) is 7.39.